The van der Waals surface area contributed by atoms with E-state index in [0.29, 0.717) is 17.1 Å². The number of carbonyl (C=O) groups is 1. The highest BCUT2D eigenvalue weighted by atomic mass is 35.5. The van der Waals surface area contributed by atoms with E-state index in [2.05, 4.69) is 10.1 Å². The third-order valence-electron chi connectivity index (χ3n) is 7.24. The Labute approximate surface area is 224 Å². The zero-order chi connectivity index (χ0) is 26.5. The van der Waals surface area contributed by atoms with Crippen molar-refractivity contribution in [3.8, 4) is 5.69 Å². The molecule has 10 heteroatoms. The topological polar surface area (TPSA) is 85.2 Å². The molecule has 0 spiro atoms. The van der Waals surface area contributed by atoms with Crippen LogP contribution in [0.15, 0.2) is 89.6 Å². The van der Waals surface area contributed by atoms with Gasteiger partial charge in [-0.05, 0) is 85.1 Å². The van der Waals surface area contributed by atoms with Gasteiger partial charge in [0.25, 0.3) is 0 Å². The highest BCUT2D eigenvalue weighted by molar-refractivity contribution is 7.89. The molecule has 0 radical (unpaired) electrons. The van der Waals surface area contributed by atoms with Crippen molar-refractivity contribution >= 4 is 33.5 Å². The van der Waals surface area contributed by atoms with Crippen molar-refractivity contribution < 1.29 is 17.6 Å². The first-order valence-corrected chi connectivity index (χ1v) is 13.9. The minimum atomic E-state index is -3.88. The predicted octanol–water partition coefficient (Wildman–Crippen LogP) is 4.96. The number of halogens is 2. The third kappa shape index (κ3) is 4.07. The Kier molecular flexibility index (Phi) is 6.02. The van der Waals surface area contributed by atoms with Gasteiger partial charge in [0, 0.05) is 24.3 Å². The summed E-state index contributed by atoms with van der Waals surface area (Å²) in [5, 5.41) is 4.96. The highest BCUT2D eigenvalue weighted by Gasteiger charge is 2.51. The van der Waals surface area contributed by atoms with Gasteiger partial charge in [-0.2, -0.15) is 9.40 Å². The fraction of sp³-hybridized carbons (Fsp3) is 0.179. The van der Waals surface area contributed by atoms with Gasteiger partial charge < -0.3 is 0 Å². The average Bonchev–Trinajstić information content (AvgIpc) is 3.34. The predicted molar refractivity (Wildman–Crippen MR) is 141 cm³/mol. The maximum Gasteiger partial charge on any atom is 0.243 e. The molecular formula is C28H22ClFN4O3S. The zero-order valence-electron chi connectivity index (χ0n) is 20.1. The number of sulfonamides is 1. The van der Waals surface area contributed by atoms with E-state index in [1.807, 2.05) is 6.08 Å². The fourth-order valence-corrected chi connectivity index (χ4v) is 6.93. The van der Waals surface area contributed by atoms with Gasteiger partial charge in [-0.1, -0.05) is 23.2 Å². The molecule has 1 saturated heterocycles. The Morgan fingerprint density at radius 3 is 2.50 bits per heavy atom. The number of carbonyl (C=O) groups excluding carboxylic acids is 1. The summed E-state index contributed by atoms with van der Waals surface area (Å²) in [6.07, 6.45) is 5.80. The lowest BCUT2D eigenvalue weighted by Crippen LogP contribution is -2.53. The summed E-state index contributed by atoms with van der Waals surface area (Å²) in [6, 6.07) is 17.2. The lowest BCUT2D eigenvalue weighted by atomic mass is 9.65. The molecule has 192 valence electrons. The molecule has 1 atom stereocenters. The minimum absolute atomic E-state index is 0.0274. The molecule has 1 aliphatic carbocycles. The number of hydrogen-bond donors (Lipinski definition) is 0. The van der Waals surface area contributed by atoms with Crippen LogP contribution in [-0.2, 0) is 16.4 Å². The van der Waals surface area contributed by atoms with Crippen molar-refractivity contribution in [1.29, 1.82) is 0 Å². The number of ketones is 1. The number of rotatable bonds is 5. The molecule has 7 nitrogen and oxygen atoms in total. The minimum Gasteiger partial charge on any atom is -0.291 e. The first-order chi connectivity index (χ1) is 18.3. The number of pyridine rings is 1. The van der Waals surface area contributed by atoms with E-state index in [1.165, 1.54) is 40.7 Å². The second-order valence-corrected chi connectivity index (χ2v) is 11.8. The van der Waals surface area contributed by atoms with Crippen LogP contribution in [0, 0.1) is 11.2 Å². The molecule has 0 bridgehead atoms. The van der Waals surface area contributed by atoms with Crippen LogP contribution in [0.5, 0.6) is 0 Å². The monoisotopic (exact) mass is 548 g/mol. The van der Waals surface area contributed by atoms with Crippen molar-refractivity contribution in [1.82, 2.24) is 19.1 Å². The molecule has 4 aromatic rings. The summed E-state index contributed by atoms with van der Waals surface area (Å²) in [5.41, 5.74) is 2.25. The van der Waals surface area contributed by atoms with Gasteiger partial charge in [0.05, 0.1) is 27.9 Å². The number of aromatic nitrogens is 3. The van der Waals surface area contributed by atoms with Gasteiger partial charge in [0.15, 0.2) is 5.78 Å². The Bertz CT molecular complexity index is 1670. The Hall–Kier alpha value is -3.66. The number of piperidine rings is 1. The molecule has 6 rings (SSSR count). The summed E-state index contributed by atoms with van der Waals surface area (Å²) < 4.78 is 43.9. The lowest BCUT2D eigenvalue weighted by molar-refractivity contribution is 0.0770. The largest absolute Gasteiger partial charge is 0.291 e. The fourth-order valence-electron chi connectivity index (χ4n) is 5.31. The molecule has 2 aromatic heterocycles. The van der Waals surface area contributed by atoms with Crippen LogP contribution in [0.3, 0.4) is 0 Å². The van der Waals surface area contributed by atoms with Crippen molar-refractivity contribution in [2.75, 3.05) is 13.1 Å². The second-order valence-electron chi connectivity index (χ2n) is 9.46. The zero-order valence-corrected chi connectivity index (χ0v) is 21.7. The average molecular weight is 549 g/mol. The van der Waals surface area contributed by atoms with Gasteiger partial charge in [-0.25, -0.2) is 17.5 Å². The number of fused-ring (bicyclic) bond motifs is 2. The quantitative estimate of drug-likeness (QED) is 0.329. The van der Waals surface area contributed by atoms with Crippen molar-refractivity contribution in [3.63, 3.8) is 0 Å². The molecule has 1 fully saturated rings. The van der Waals surface area contributed by atoms with Gasteiger partial charge in [-0.15, -0.1) is 0 Å². The van der Waals surface area contributed by atoms with E-state index in [-0.39, 0.29) is 41.7 Å². The van der Waals surface area contributed by atoms with Crippen molar-refractivity contribution in [2.45, 2.75) is 17.7 Å². The molecule has 0 amide bonds. The summed E-state index contributed by atoms with van der Waals surface area (Å²) in [6.45, 7) is 0.189. The number of nitrogens with zero attached hydrogens (tertiary/aromatic N) is 4. The first kappa shape index (κ1) is 24.7. The van der Waals surface area contributed by atoms with Crippen LogP contribution in [-0.4, -0.2) is 46.4 Å². The van der Waals surface area contributed by atoms with Crippen LogP contribution in [0.1, 0.15) is 28.2 Å². The molecule has 38 heavy (non-hydrogen) atoms. The maximum absolute atomic E-state index is 14.1. The molecule has 0 N–H and O–H groups in total. The highest BCUT2D eigenvalue weighted by Crippen LogP contribution is 2.47. The molecule has 2 aliphatic rings. The Morgan fingerprint density at radius 2 is 1.79 bits per heavy atom. The Balaban J connectivity index is 1.45. The van der Waals surface area contributed by atoms with E-state index in [4.69, 9.17) is 11.6 Å². The summed E-state index contributed by atoms with van der Waals surface area (Å²) >= 11 is 5.98. The van der Waals surface area contributed by atoms with Gasteiger partial charge >= 0.3 is 0 Å². The summed E-state index contributed by atoms with van der Waals surface area (Å²) in [7, 11) is -3.88. The number of Topliss-reactive ketones (excluding diaryl/α,β-unsaturated/α-hetero) is 1. The van der Waals surface area contributed by atoms with Crippen LogP contribution < -0.4 is 0 Å². The van der Waals surface area contributed by atoms with E-state index >= 15 is 0 Å². The molecular weight excluding hydrogens is 527 g/mol. The molecule has 3 heterocycles. The van der Waals surface area contributed by atoms with E-state index < -0.39 is 15.4 Å². The number of hydrogen-bond acceptors (Lipinski definition) is 5. The standard InChI is InChI=1S/C28H22ClFN4O3S/c29-21-4-10-24(11-5-21)38(36,37)33-14-12-20-15-26-19(17-32-34(26)23-8-6-22(30)7-9-23)16-28(20,18-33)27(35)25-3-1-2-13-31-25/h1-11,13,15,17H,12,14,16,18H2/t28-/m0/s1. The smallest absolute Gasteiger partial charge is 0.243 e. The second kappa shape index (κ2) is 9.27. The van der Waals surface area contributed by atoms with Crippen LogP contribution in [0.25, 0.3) is 11.8 Å². The van der Waals surface area contributed by atoms with Gasteiger partial charge in [-0.3, -0.25) is 9.78 Å². The summed E-state index contributed by atoms with van der Waals surface area (Å²) in [5.74, 6) is -0.581. The molecule has 2 aromatic carbocycles. The normalized spacial score (nSPS) is 19.4. The van der Waals surface area contributed by atoms with Crippen LogP contribution >= 0.6 is 11.6 Å². The van der Waals surface area contributed by atoms with Crippen molar-refractivity contribution in [3.05, 3.63) is 112 Å². The summed E-state index contributed by atoms with van der Waals surface area (Å²) in [4.78, 5) is 18.5. The molecule has 0 unspecified atom stereocenters. The van der Waals surface area contributed by atoms with Crippen LogP contribution in [0.4, 0.5) is 4.39 Å². The SMILES string of the molecule is O=C(c1ccccn1)[C@]12Cc3cnn(-c4ccc(F)cc4)c3C=C1CCN(S(=O)(=O)c1ccc(Cl)cc1)C2. The number of benzene rings is 2. The Morgan fingerprint density at radius 1 is 1.03 bits per heavy atom. The lowest BCUT2D eigenvalue weighted by Gasteiger charge is -2.44. The van der Waals surface area contributed by atoms with E-state index in [0.717, 1.165) is 16.8 Å². The molecule has 1 aliphatic heterocycles. The van der Waals surface area contributed by atoms with E-state index in [1.54, 1.807) is 47.4 Å². The third-order valence-corrected chi connectivity index (χ3v) is 9.35. The molecule has 0 saturated carbocycles. The first-order valence-electron chi connectivity index (χ1n) is 12.0. The van der Waals surface area contributed by atoms with Crippen molar-refractivity contribution in [2.24, 2.45) is 5.41 Å². The van der Waals surface area contributed by atoms with E-state index in [9.17, 15) is 17.6 Å². The van der Waals surface area contributed by atoms with Gasteiger partial charge in [0.2, 0.25) is 10.0 Å². The maximum atomic E-state index is 14.1. The van der Waals surface area contributed by atoms with Gasteiger partial charge in [0.1, 0.15) is 11.5 Å². The van der Waals surface area contributed by atoms with Crippen LogP contribution in [0.2, 0.25) is 5.02 Å².